The van der Waals surface area contributed by atoms with Gasteiger partial charge in [-0.1, -0.05) is 17.7 Å². The lowest BCUT2D eigenvalue weighted by Crippen LogP contribution is -2.30. The Balaban J connectivity index is 2.46. The van der Waals surface area contributed by atoms with Crippen molar-refractivity contribution >= 4 is 28.4 Å². The summed E-state index contributed by atoms with van der Waals surface area (Å²) >= 11 is 5.91. The molecule has 0 saturated carbocycles. The molecule has 2 rings (SSSR count). The SMILES string of the molecule is CCN(CC)C(=O)c1c[nH]c2cc(Cl)ccc12. The van der Waals surface area contributed by atoms with E-state index in [4.69, 9.17) is 11.6 Å². The van der Waals surface area contributed by atoms with Gasteiger partial charge in [0.2, 0.25) is 0 Å². The van der Waals surface area contributed by atoms with Crippen LogP contribution in [0.5, 0.6) is 0 Å². The molecule has 0 fully saturated rings. The lowest BCUT2D eigenvalue weighted by molar-refractivity contribution is 0.0775. The first-order valence-electron chi connectivity index (χ1n) is 5.73. The quantitative estimate of drug-likeness (QED) is 0.892. The van der Waals surface area contributed by atoms with E-state index in [1.165, 1.54) is 0 Å². The van der Waals surface area contributed by atoms with Crippen molar-refractivity contribution < 1.29 is 4.79 Å². The maximum Gasteiger partial charge on any atom is 0.256 e. The zero-order valence-corrected chi connectivity index (χ0v) is 10.7. The van der Waals surface area contributed by atoms with Crippen LogP contribution in [0.15, 0.2) is 24.4 Å². The molecule has 1 heterocycles. The summed E-state index contributed by atoms with van der Waals surface area (Å²) in [6, 6.07) is 5.51. The van der Waals surface area contributed by atoms with Crippen molar-refractivity contribution in [2.45, 2.75) is 13.8 Å². The van der Waals surface area contributed by atoms with E-state index in [0.717, 1.165) is 24.0 Å². The fourth-order valence-electron chi connectivity index (χ4n) is 1.96. The van der Waals surface area contributed by atoms with Gasteiger partial charge < -0.3 is 9.88 Å². The number of carbonyl (C=O) groups is 1. The summed E-state index contributed by atoms with van der Waals surface area (Å²) < 4.78 is 0. The normalized spacial score (nSPS) is 10.8. The minimum atomic E-state index is 0.0589. The van der Waals surface area contributed by atoms with Gasteiger partial charge in [-0.25, -0.2) is 0 Å². The highest BCUT2D eigenvalue weighted by molar-refractivity contribution is 6.31. The zero-order valence-electron chi connectivity index (χ0n) is 9.96. The summed E-state index contributed by atoms with van der Waals surface area (Å²) in [7, 11) is 0. The minimum Gasteiger partial charge on any atom is -0.360 e. The second kappa shape index (κ2) is 4.80. The Morgan fingerprint density at radius 2 is 2.06 bits per heavy atom. The molecule has 1 N–H and O–H groups in total. The van der Waals surface area contributed by atoms with Crippen molar-refractivity contribution in [2.24, 2.45) is 0 Å². The van der Waals surface area contributed by atoms with Gasteiger partial charge >= 0.3 is 0 Å². The fourth-order valence-corrected chi connectivity index (χ4v) is 2.13. The van der Waals surface area contributed by atoms with Crippen LogP contribution in [0.3, 0.4) is 0 Å². The molecular formula is C13H15ClN2O. The number of hydrogen-bond acceptors (Lipinski definition) is 1. The van der Waals surface area contributed by atoms with Crippen LogP contribution in [0.4, 0.5) is 0 Å². The molecular weight excluding hydrogens is 236 g/mol. The van der Waals surface area contributed by atoms with E-state index >= 15 is 0 Å². The third kappa shape index (κ3) is 2.15. The summed E-state index contributed by atoms with van der Waals surface area (Å²) in [6.07, 6.45) is 1.75. The van der Waals surface area contributed by atoms with Gasteiger partial charge in [0.05, 0.1) is 5.56 Å². The van der Waals surface area contributed by atoms with E-state index in [1.54, 1.807) is 17.2 Å². The number of aromatic nitrogens is 1. The first kappa shape index (κ1) is 12.0. The minimum absolute atomic E-state index is 0.0589. The van der Waals surface area contributed by atoms with Crippen LogP contribution in [0.2, 0.25) is 5.02 Å². The van der Waals surface area contributed by atoms with E-state index in [0.29, 0.717) is 10.6 Å². The van der Waals surface area contributed by atoms with E-state index < -0.39 is 0 Å². The molecule has 0 spiro atoms. The highest BCUT2D eigenvalue weighted by Crippen LogP contribution is 2.23. The maximum atomic E-state index is 12.2. The summed E-state index contributed by atoms with van der Waals surface area (Å²) in [5, 5.41) is 1.59. The van der Waals surface area contributed by atoms with E-state index in [9.17, 15) is 4.79 Å². The second-order valence-electron chi connectivity index (χ2n) is 3.87. The van der Waals surface area contributed by atoms with Crippen molar-refractivity contribution in [3.63, 3.8) is 0 Å². The van der Waals surface area contributed by atoms with Gasteiger partial charge in [0.15, 0.2) is 0 Å². The fraction of sp³-hybridized carbons (Fsp3) is 0.308. The number of nitrogens with zero attached hydrogens (tertiary/aromatic N) is 1. The summed E-state index contributed by atoms with van der Waals surface area (Å²) in [6.45, 7) is 5.39. The molecule has 0 bridgehead atoms. The topological polar surface area (TPSA) is 36.1 Å². The van der Waals surface area contributed by atoms with Crippen molar-refractivity contribution in [1.29, 1.82) is 0 Å². The van der Waals surface area contributed by atoms with Crippen LogP contribution < -0.4 is 0 Å². The Labute approximate surface area is 105 Å². The molecule has 1 aromatic carbocycles. The number of hydrogen-bond donors (Lipinski definition) is 1. The van der Waals surface area contributed by atoms with Crippen LogP contribution in [0.1, 0.15) is 24.2 Å². The molecule has 0 atom stereocenters. The number of carbonyl (C=O) groups excluding carboxylic acids is 1. The van der Waals surface area contributed by atoms with Gasteiger partial charge in [-0.3, -0.25) is 4.79 Å². The van der Waals surface area contributed by atoms with Gasteiger partial charge in [0.25, 0.3) is 5.91 Å². The molecule has 1 aromatic heterocycles. The van der Waals surface area contributed by atoms with Crippen molar-refractivity contribution in [2.75, 3.05) is 13.1 Å². The molecule has 0 unspecified atom stereocenters. The standard InChI is InChI=1S/C13H15ClN2O/c1-3-16(4-2)13(17)11-8-15-12-7-9(14)5-6-10(11)12/h5-8,15H,3-4H2,1-2H3. The highest BCUT2D eigenvalue weighted by Gasteiger charge is 2.16. The summed E-state index contributed by atoms with van der Waals surface area (Å²) in [5.74, 6) is 0.0589. The predicted molar refractivity (Wildman–Crippen MR) is 70.6 cm³/mol. The average Bonchev–Trinajstić information content (AvgIpc) is 2.73. The molecule has 2 aromatic rings. The molecule has 1 amide bonds. The van der Waals surface area contributed by atoms with Crippen molar-refractivity contribution in [3.8, 4) is 0 Å². The Bertz CT molecular complexity index is 543. The smallest absolute Gasteiger partial charge is 0.256 e. The molecule has 90 valence electrons. The Morgan fingerprint density at radius 1 is 1.35 bits per heavy atom. The first-order valence-corrected chi connectivity index (χ1v) is 6.11. The molecule has 0 radical (unpaired) electrons. The average molecular weight is 251 g/mol. The maximum absolute atomic E-state index is 12.2. The molecule has 0 aliphatic heterocycles. The van der Waals surface area contributed by atoms with Crippen LogP contribution in [-0.4, -0.2) is 28.9 Å². The van der Waals surface area contributed by atoms with E-state index in [2.05, 4.69) is 4.98 Å². The van der Waals surface area contributed by atoms with Gasteiger partial charge in [-0.2, -0.15) is 0 Å². The zero-order chi connectivity index (χ0) is 12.4. The van der Waals surface area contributed by atoms with Crippen molar-refractivity contribution in [3.05, 3.63) is 35.0 Å². The van der Waals surface area contributed by atoms with Crippen LogP contribution in [0, 0.1) is 0 Å². The number of halogens is 1. The number of H-pyrrole nitrogens is 1. The van der Waals surface area contributed by atoms with Crippen LogP contribution >= 0.6 is 11.6 Å². The summed E-state index contributed by atoms with van der Waals surface area (Å²) in [5.41, 5.74) is 1.60. The largest absolute Gasteiger partial charge is 0.360 e. The van der Waals surface area contributed by atoms with E-state index in [-0.39, 0.29) is 5.91 Å². The number of fused-ring (bicyclic) bond motifs is 1. The number of amides is 1. The molecule has 0 saturated heterocycles. The van der Waals surface area contributed by atoms with Gasteiger partial charge in [0, 0.05) is 35.2 Å². The predicted octanol–water partition coefficient (Wildman–Crippen LogP) is 3.30. The van der Waals surface area contributed by atoms with Crippen LogP contribution in [0.25, 0.3) is 10.9 Å². The van der Waals surface area contributed by atoms with Gasteiger partial charge in [0.1, 0.15) is 0 Å². The molecule has 0 aliphatic rings. The van der Waals surface area contributed by atoms with Crippen molar-refractivity contribution in [1.82, 2.24) is 9.88 Å². The third-order valence-corrected chi connectivity index (χ3v) is 3.16. The third-order valence-electron chi connectivity index (χ3n) is 2.92. The number of aromatic amines is 1. The second-order valence-corrected chi connectivity index (χ2v) is 4.31. The number of rotatable bonds is 3. The Hall–Kier alpha value is -1.48. The Kier molecular flexibility index (Phi) is 3.38. The molecule has 4 heteroatoms. The molecule has 0 aliphatic carbocycles. The molecule has 3 nitrogen and oxygen atoms in total. The number of benzene rings is 1. The highest BCUT2D eigenvalue weighted by atomic mass is 35.5. The molecule has 17 heavy (non-hydrogen) atoms. The van der Waals surface area contributed by atoms with Gasteiger partial charge in [-0.15, -0.1) is 0 Å². The van der Waals surface area contributed by atoms with Gasteiger partial charge in [-0.05, 0) is 26.0 Å². The lowest BCUT2D eigenvalue weighted by Gasteiger charge is -2.17. The van der Waals surface area contributed by atoms with E-state index in [1.807, 2.05) is 26.0 Å². The lowest BCUT2D eigenvalue weighted by atomic mass is 10.1. The first-order chi connectivity index (χ1) is 8.17. The van der Waals surface area contributed by atoms with Crippen LogP contribution in [-0.2, 0) is 0 Å². The monoisotopic (exact) mass is 250 g/mol. The summed E-state index contributed by atoms with van der Waals surface area (Å²) in [4.78, 5) is 17.1. The Morgan fingerprint density at radius 3 is 2.71 bits per heavy atom. The number of nitrogens with one attached hydrogen (secondary N) is 1.